The summed E-state index contributed by atoms with van der Waals surface area (Å²) in [4.78, 5) is 2.58. The van der Waals surface area contributed by atoms with Crippen molar-refractivity contribution in [2.75, 3.05) is 0 Å². The van der Waals surface area contributed by atoms with Gasteiger partial charge in [-0.05, 0) is 35.3 Å². The molecule has 0 fully saturated rings. The van der Waals surface area contributed by atoms with Gasteiger partial charge < -0.3 is 0 Å². The molecule has 11 heavy (non-hydrogen) atoms. The standard InChI is InChI=1S/C8H8BrNS/c1-6-8(9)5-7(11-6)3-2-4-10/h5H,2-3H2,1H3. The highest BCUT2D eigenvalue weighted by Crippen LogP contribution is 2.26. The molecule has 0 aliphatic heterocycles. The lowest BCUT2D eigenvalue weighted by Gasteiger charge is -1.85. The summed E-state index contributed by atoms with van der Waals surface area (Å²) >= 11 is 5.19. The van der Waals surface area contributed by atoms with Crippen molar-refractivity contribution in [1.29, 1.82) is 5.26 Å². The van der Waals surface area contributed by atoms with Crippen molar-refractivity contribution in [3.05, 3.63) is 20.3 Å². The number of aryl methyl sites for hydroxylation is 2. The molecule has 1 rings (SSSR count). The van der Waals surface area contributed by atoms with Crippen molar-refractivity contribution < 1.29 is 0 Å². The van der Waals surface area contributed by atoms with Crippen molar-refractivity contribution >= 4 is 27.3 Å². The summed E-state index contributed by atoms with van der Waals surface area (Å²) < 4.78 is 1.16. The third kappa shape index (κ3) is 2.32. The lowest BCUT2D eigenvalue weighted by molar-refractivity contribution is 1.04. The molecular weight excluding hydrogens is 222 g/mol. The molecule has 0 aliphatic carbocycles. The number of halogens is 1. The van der Waals surface area contributed by atoms with Crippen LogP contribution in [0, 0.1) is 18.3 Å². The zero-order valence-electron chi connectivity index (χ0n) is 6.22. The van der Waals surface area contributed by atoms with E-state index in [1.54, 1.807) is 11.3 Å². The monoisotopic (exact) mass is 229 g/mol. The summed E-state index contributed by atoms with van der Waals surface area (Å²) in [6.07, 6.45) is 1.50. The van der Waals surface area contributed by atoms with Crippen LogP contribution in [0.25, 0.3) is 0 Å². The zero-order valence-corrected chi connectivity index (χ0v) is 8.63. The number of nitrogens with zero attached hydrogens (tertiary/aromatic N) is 1. The molecule has 0 amide bonds. The molecule has 0 N–H and O–H groups in total. The van der Waals surface area contributed by atoms with E-state index in [-0.39, 0.29) is 0 Å². The van der Waals surface area contributed by atoms with Crippen LogP contribution in [-0.4, -0.2) is 0 Å². The van der Waals surface area contributed by atoms with Gasteiger partial charge in [0.15, 0.2) is 0 Å². The van der Waals surface area contributed by atoms with E-state index in [0.29, 0.717) is 6.42 Å². The van der Waals surface area contributed by atoms with Gasteiger partial charge in [0.1, 0.15) is 0 Å². The van der Waals surface area contributed by atoms with Crippen molar-refractivity contribution in [2.24, 2.45) is 0 Å². The van der Waals surface area contributed by atoms with Gasteiger partial charge in [0.2, 0.25) is 0 Å². The van der Waals surface area contributed by atoms with E-state index in [1.165, 1.54) is 9.75 Å². The summed E-state index contributed by atoms with van der Waals surface area (Å²) in [6.45, 7) is 2.07. The summed E-state index contributed by atoms with van der Waals surface area (Å²) in [5.41, 5.74) is 0. The normalized spacial score (nSPS) is 9.55. The lowest BCUT2D eigenvalue weighted by atomic mass is 10.3. The van der Waals surface area contributed by atoms with E-state index in [9.17, 15) is 0 Å². The van der Waals surface area contributed by atoms with Crippen LogP contribution in [0.4, 0.5) is 0 Å². The van der Waals surface area contributed by atoms with Gasteiger partial charge in [0.25, 0.3) is 0 Å². The molecule has 58 valence electrons. The van der Waals surface area contributed by atoms with Gasteiger partial charge >= 0.3 is 0 Å². The van der Waals surface area contributed by atoms with Crippen molar-refractivity contribution in [3.8, 4) is 6.07 Å². The first kappa shape index (κ1) is 8.76. The van der Waals surface area contributed by atoms with Crippen LogP contribution in [0.2, 0.25) is 0 Å². The smallest absolute Gasteiger partial charge is 0.0625 e. The highest BCUT2D eigenvalue weighted by atomic mass is 79.9. The Morgan fingerprint density at radius 2 is 2.45 bits per heavy atom. The molecule has 1 aromatic rings. The van der Waals surface area contributed by atoms with Gasteiger partial charge in [-0.15, -0.1) is 11.3 Å². The Balaban J connectivity index is 2.67. The minimum absolute atomic E-state index is 0.617. The largest absolute Gasteiger partial charge is 0.198 e. The van der Waals surface area contributed by atoms with Crippen LogP contribution in [-0.2, 0) is 6.42 Å². The number of hydrogen-bond donors (Lipinski definition) is 0. The Kier molecular flexibility index (Phi) is 3.10. The molecular formula is C8H8BrNS. The van der Waals surface area contributed by atoms with Crippen LogP contribution in [0.15, 0.2) is 10.5 Å². The van der Waals surface area contributed by atoms with Gasteiger partial charge in [-0.25, -0.2) is 0 Å². The molecule has 0 saturated carbocycles. The highest BCUT2D eigenvalue weighted by molar-refractivity contribution is 9.10. The quantitative estimate of drug-likeness (QED) is 0.764. The Labute approximate surface area is 78.8 Å². The third-order valence-corrected chi connectivity index (χ3v) is 3.59. The number of nitriles is 1. The molecule has 1 aromatic heterocycles. The molecule has 0 unspecified atom stereocenters. The number of thiophene rings is 1. The Morgan fingerprint density at radius 3 is 2.91 bits per heavy atom. The van der Waals surface area contributed by atoms with Gasteiger partial charge in [-0.1, -0.05) is 0 Å². The molecule has 0 aromatic carbocycles. The summed E-state index contributed by atoms with van der Waals surface area (Å²) in [5, 5.41) is 8.35. The van der Waals surface area contributed by atoms with Crippen molar-refractivity contribution in [1.82, 2.24) is 0 Å². The molecule has 1 heterocycles. The molecule has 0 bridgehead atoms. The van der Waals surface area contributed by atoms with E-state index < -0.39 is 0 Å². The fraction of sp³-hybridized carbons (Fsp3) is 0.375. The molecule has 1 nitrogen and oxygen atoms in total. The molecule has 0 radical (unpaired) electrons. The fourth-order valence-corrected chi connectivity index (χ4v) is 2.42. The second-order valence-electron chi connectivity index (χ2n) is 2.27. The minimum atomic E-state index is 0.617. The number of hydrogen-bond acceptors (Lipinski definition) is 2. The zero-order chi connectivity index (χ0) is 8.27. The maximum absolute atomic E-state index is 8.35. The first-order valence-electron chi connectivity index (χ1n) is 3.36. The van der Waals surface area contributed by atoms with Crippen molar-refractivity contribution in [2.45, 2.75) is 19.8 Å². The predicted molar refractivity (Wildman–Crippen MR) is 50.7 cm³/mol. The van der Waals surface area contributed by atoms with Crippen LogP contribution >= 0.6 is 27.3 Å². The van der Waals surface area contributed by atoms with E-state index >= 15 is 0 Å². The molecule has 0 atom stereocenters. The third-order valence-electron chi connectivity index (χ3n) is 1.39. The Hall–Kier alpha value is -0.330. The van der Waals surface area contributed by atoms with E-state index in [2.05, 4.69) is 35.0 Å². The van der Waals surface area contributed by atoms with Crippen LogP contribution in [0.3, 0.4) is 0 Å². The minimum Gasteiger partial charge on any atom is -0.198 e. The number of rotatable bonds is 2. The molecule has 0 saturated heterocycles. The lowest BCUT2D eigenvalue weighted by Crippen LogP contribution is -1.74. The topological polar surface area (TPSA) is 23.8 Å². The average molecular weight is 230 g/mol. The second kappa shape index (κ2) is 3.89. The van der Waals surface area contributed by atoms with Gasteiger partial charge in [-0.3, -0.25) is 0 Å². The first-order chi connectivity index (χ1) is 5.24. The highest BCUT2D eigenvalue weighted by Gasteiger charge is 2.01. The van der Waals surface area contributed by atoms with Crippen LogP contribution < -0.4 is 0 Å². The predicted octanol–water partition coefficient (Wildman–Crippen LogP) is 3.28. The van der Waals surface area contributed by atoms with Gasteiger partial charge in [-0.2, -0.15) is 5.26 Å². The molecule has 0 spiro atoms. The van der Waals surface area contributed by atoms with Gasteiger partial charge in [0, 0.05) is 20.6 Å². The Morgan fingerprint density at radius 1 is 1.73 bits per heavy atom. The van der Waals surface area contributed by atoms with E-state index in [1.807, 2.05) is 0 Å². The average Bonchev–Trinajstić information content (AvgIpc) is 2.28. The summed E-state index contributed by atoms with van der Waals surface area (Å²) in [5.74, 6) is 0. The van der Waals surface area contributed by atoms with E-state index in [4.69, 9.17) is 5.26 Å². The summed E-state index contributed by atoms with van der Waals surface area (Å²) in [7, 11) is 0. The van der Waals surface area contributed by atoms with E-state index in [0.717, 1.165) is 10.9 Å². The first-order valence-corrected chi connectivity index (χ1v) is 4.96. The van der Waals surface area contributed by atoms with Crippen LogP contribution in [0.1, 0.15) is 16.2 Å². The SMILES string of the molecule is Cc1sc(CCC#N)cc1Br. The van der Waals surface area contributed by atoms with Gasteiger partial charge in [0.05, 0.1) is 6.07 Å². The fourth-order valence-electron chi connectivity index (χ4n) is 0.820. The van der Waals surface area contributed by atoms with Crippen molar-refractivity contribution in [3.63, 3.8) is 0 Å². The second-order valence-corrected chi connectivity index (χ2v) is 4.47. The maximum Gasteiger partial charge on any atom is 0.0625 e. The molecule has 0 aliphatic rings. The molecule has 3 heteroatoms. The summed E-state index contributed by atoms with van der Waals surface area (Å²) in [6, 6.07) is 4.23. The Bertz CT molecular complexity index is 265. The van der Waals surface area contributed by atoms with Crippen LogP contribution in [0.5, 0.6) is 0 Å². The maximum atomic E-state index is 8.35.